The molecule has 2 rings (SSSR count). The minimum Gasteiger partial charge on any atom is -0.497 e. The van der Waals surface area contributed by atoms with Gasteiger partial charge in [-0.05, 0) is 42.0 Å². The Morgan fingerprint density at radius 1 is 1.03 bits per heavy atom. The van der Waals surface area contributed by atoms with Crippen LogP contribution in [0.2, 0.25) is 0 Å². The summed E-state index contributed by atoms with van der Waals surface area (Å²) in [7, 11) is 6.91. The molecule has 1 amide bonds. The van der Waals surface area contributed by atoms with Crippen LogP contribution in [0.4, 0.5) is 4.39 Å². The molecular formula is C22H29FN4O3. The van der Waals surface area contributed by atoms with Crippen LogP contribution in [-0.4, -0.2) is 69.6 Å². The van der Waals surface area contributed by atoms with Gasteiger partial charge in [0.1, 0.15) is 23.9 Å². The first-order chi connectivity index (χ1) is 14.4. The van der Waals surface area contributed by atoms with E-state index >= 15 is 0 Å². The molecule has 0 atom stereocenters. The Bertz CT molecular complexity index is 823. The van der Waals surface area contributed by atoms with Crippen LogP contribution in [0.3, 0.4) is 0 Å². The van der Waals surface area contributed by atoms with Crippen LogP contribution in [0.5, 0.6) is 11.5 Å². The average molecular weight is 416 g/mol. The summed E-state index contributed by atoms with van der Waals surface area (Å²) >= 11 is 0. The van der Waals surface area contributed by atoms with E-state index < -0.39 is 0 Å². The highest BCUT2D eigenvalue weighted by Gasteiger charge is 2.10. The molecule has 1 N–H and O–H groups in total. The molecule has 0 fully saturated rings. The van der Waals surface area contributed by atoms with Crippen LogP contribution in [0.25, 0.3) is 0 Å². The number of guanidine groups is 1. The predicted molar refractivity (Wildman–Crippen MR) is 115 cm³/mol. The average Bonchev–Trinajstić information content (AvgIpc) is 2.75. The van der Waals surface area contributed by atoms with Crippen LogP contribution in [0.1, 0.15) is 5.56 Å². The number of ether oxygens (including phenoxy) is 2. The molecule has 162 valence electrons. The second-order valence-corrected chi connectivity index (χ2v) is 6.85. The van der Waals surface area contributed by atoms with Crippen LogP contribution in [0.15, 0.2) is 53.5 Å². The van der Waals surface area contributed by atoms with Crippen molar-refractivity contribution in [3.63, 3.8) is 0 Å². The van der Waals surface area contributed by atoms with E-state index in [0.29, 0.717) is 31.4 Å². The van der Waals surface area contributed by atoms with Gasteiger partial charge in [0.2, 0.25) is 5.91 Å². The minimum absolute atomic E-state index is 0.0527. The molecule has 2 aromatic rings. The molecule has 0 aliphatic heterocycles. The Hall–Kier alpha value is -3.29. The van der Waals surface area contributed by atoms with Crippen LogP contribution < -0.4 is 14.8 Å². The van der Waals surface area contributed by atoms with Gasteiger partial charge < -0.3 is 24.6 Å². The molecule has 8 heteroatoms. The van der Waals surface area contributed by atoms with E-state index in [1.807, 2.05) is 36.2 Å². The van der Waals surface area contributed by atoms with Crippen molar-refractivity contribution in [2.45, 2.75) is 6.54 Å². The molecule has 0 aliphatic carbocycles. The molecule has 30 heavy (non-hydrogen) atoms. The van der Waals surface area contributed by atoms with Gasteiger partial charge in [0.05, 0.1) is 26.7 Å². The van der Waals surface area contributed by atoms with Crippen LogP contribution >= 0.6 is 0 Å². The van der Waals surface area contributed by atoms with Gasteiger partial charge in [-0.25, -0.2) is 9.38 Å². The first-order valence-corrected chi connectivity index (χ1v) is 9.60. The van der Waals surface area contributed by atoms with Crippen LogP contribution in [-0.2, 0) is 11.3 Å². The van der Waals surface area contributed by atoms with E-state index in [-0.39, 0.29) is 18.3 Å². The Morgan fingerprint density at radius 3 is 2.27 bits per heavy atom. The van der Waals surface area contributed by atoms with E-state index in [0.717, 1.165) is 11.3 Å². The van der Waals surface area contributed by atoms with Crippen molar-refractivity contribution < 1.29 is 18.7 Å². The summed E-state index contributed by atoms with van der Waals surface area (Å²) in [6, 6.07) is 13.5. The Labute approximate surface area is 177 Å². The number of hydrogen-bond acceptors (Lipinski definition) is 4. The van der Waals surface area contributed by atoms with Gasteiger partial charge in [-0.1, -0.05) is 12.1 Å². The molecule has 0 saturated heterocycles. The summed E-state index contributed by atoms with van der Waals surface area (Å²) in [5, 5.41) is 3.10. The lowest BCUT2D eigenvalue weighted by Crippen LogP contribution is -2.45. The number of carbonyl (C=O) groups excluding carboxylic acids is 1. The zero-order valence-electron chi connectivity index (χ0n) is 17.9. The van der Waals surface area contributed by atoms with Gasteiger partial charge in [-0.3, -0.25) is 4.79 Å². The molecule has 0 bridgehead atoms. The monoisotopic (exact) mass is 416 g/mol. The maximum absolute atomic E-state index is 13.0. The first kappa shape index (κ1) is 23.0. The Kier molecular flexibility index (Phi) is 8.93. The van der Waals surface area contributed by atoms with Crippen LogP contribution in [0, 0.1) is 5.82 Å². The number of aliphatic imine (C=N–C) groups is 1. The van der Waals surface area contributed by atoms with E-state index in [9.17, 15) is 9.18 Å². The molecule has 0 aliphatic rings. The number of halogens is 1. The van der Waals surface area contributed by atoms with Gasteiger partial charge in [-0.15, -0.1) is 0 Å². The number of rotatable bonds is 9. The van der Waals surface area contributed by atoms with Gasteiger partial charge in [-0.2, -0.15) is 0 Å². The standard InChI is InChI=1S/C22H29FN4O3/c1-26(2)21(28)16-25-22(24-15-17-5-9-19(29-4)10-6-17)27(3)13-14-30-20-11-7-18(23)8-12-20/h5-12H,13-16H2,1-4H3,(H,24,25). The van der Waals surface area contributed by atoms with E-state index in [1.165, 1.54) is 17.0 Å². The Balaban J connectivity index is 1.98. The summed E-state index contributed by atoms with van der Waals surface area (Å²) in [4.78, 5) is 20.0. The third-order valence-electron chi connectivity index (χ3n) is 4.34. The third kappa shape index (κ3) is 7.62. The zero-order chi connectivity index (χ0) is 21.9. The number of nitrogens with zero attached hydrogens (tertiary/aromatic N) is 3. The van der Waals surface area contributed by atoms with E-state index in [1.54, 1.807) is 33.3 Å². The lowest BCUT2D eigenvalue weighted by atomic mass is 10.2. The van der Waals surface area contributed by atoms with Gasteiger partial charge in [0, 0.05) is 21.1 Å². The summed E-state index contributed by atoms with van der Waals surface area (Å²) in [6.45, 7) is 1.50. The maximum atomic E-state index is 13.0. The molecule has 0 radical (unpaired) electrons. The number of amides is 1. The fraction of sp³-hybridized carbons (Fsp3) is 0.364. The van der Waals surface area contributed by atoms with Gasteiger partial charge in [0.25, 0.3) is 0 Å². The fourth-order valence-electron chi connectivity index (χ4n) is 2.46. The molecule has 7 nitrogen and oxygen atoms in total. The predicted octanol–water partition coefficient (Wildman–Crippen LogP) is 2.38. The zero-order valence-corrected chi connectivity index (χ0v) is 17.9. The molecular weight excluding hydrogens is 387 g/mol. The summed E-state index contributed by atoms with van der Waals surface area (Å²) in [6.07, 6.45) is 0. The molecule has 0 saturated carbocycles. The lowest BCUT2D eigenvalue weighted by molar-refractivity contribution is -0.127. The quantitative estimate of drug-likeness (QED) is 0.502. The topological polar surface area (TPSA) is 66.4 Å². The van der Waals surface area contributed by atoms with Crippen molar-refractivity contribution in [2.24, 2.45) is 4.99 Å². The van der Waals surface area contributed by atoms with Crippen molar-refractivity contribution in [2.75, 3.05) is 47.9 Å². The largest absolute Gasteiger partial charge is 0.497 e. The fourth-order valence-corrected chi connectivity index (χ4v) is 2.46. The van der Waals surface area contributed by atoms with E-state index in [2.05, 4.69) is 10.3 Å². The smallest absolute Gasteiger partial charge is 0.241 e. The van der Waals surface area contributed by atoms with Crippen molar-refractivity contribution in [1.29, 1.82) is 0 Å². The minimum atomic E-state index is -0.304. The van der Waals surface area contributed by atoms with Crippen molar-refractivity contribution >= 4 is 11.9 Å². The summed E-state index contributed by atoms with van der Waals surface area (Å²) in [5.41, 5.74) is 1.02. The molecule has 0 spiro atoms. The summed E-state index contributed by atoms with van der Waals surface area (Å²) in [5.74, 6) is 1.61. The highest BCUT2D eigenvalue weighted by molar-refractivity contribution is 5.86. The maximum Gasteiger partial charge on any atom is 0.241 e. The van der Waals surface area contributed by atoms with Gasteiger partial charge in [0.15, 0.2) is 5.96 Å². The number of carbonyl (C=O) groups is 1. The number of nitrogens with one attached hydrogen (secondary N) is 1. The highest BCUT2D eigenvalue weighted by atomic mass is 19.1. The lowest BCUT2D eigenvalue weighted by Gasteiger charge is -2.23. The SMILES string of the molecule is COc1ccc(CN=C(NCC(=O)N(C)C)N(C)CCOc2ccc(F)cc2)cc1. The van der Waals surface area contributed by atoms with E-state index in [4.69, 9.17) is 9.47 Å². The second-order valence-electron chi connectivity index (χ2n) is 6.85. The Morgan fingerprint density at radius 2 is 1.67 bits per heavy atom. The molecule has 0 heterocycles. The number of hydrogen-bond donors (Lipinski definition) is 1. The molecule has 0 aromatic heterocycles. The second kappa shape index (κ2) is 11.6. The first-order valence-electron chi connectivity index (χ1n) is 9.60. The normalized spacial score (nSPS) is 11.0. The third-order valence-corrected chi connectivity index (χ3v) is 4.34. The summed E-state index contributed by atoms with van der Waals surface area (Å²) < 4.78 is 23.8. The number of benzene rings is 2. The number of likely N-dealkylation sites (N-methyl/N-ethyl adjacent to an activating group) is 2. The van der Waals surface area contributed by atoms with Crippen molar-refractivity contribution in [3.8, 4) is 11.5 Å². The molecule has 0 unspecified atom stereocenters. The molecule has 2 aromatic carbocycles. The van der Waals surface area contributed by atoms with Crippen molar-refractivity contribution in [3.05, 3.63) is 59.9 Å². The van der Waals surface area contributed by atoms with Crippen molar-refractivity contribution in [1.82, 2.24) is 15.1 Å². The van der Waals surface area contributed by atoms with Gasteiger partial charge >= 0.3 is 0 Å². The number of methoxy groups -OCH3 is 1. The highest BCUT2D eigenvalue weighted by Crippen LogP contribution is 2.12.